The number of ether oxygens (including phenoxy) is 1. The Morgan fingerprint density at radius 3 is 2.70 bits per heavy atom. The molecule has 0 fully saturated rings. The molecule has 1 N–H and O–H groups in total. The number of rotatable bonds is 7. The maximum atomic E-state index is 6.28. The fraction of sp³-hybridized carbons (Fsp3) is 0.400. The summed E-state index contributed by atoms with van der Waals surface area (Å²) in [5.41, 5.74) is 1.97. The van der Waals surface area contributed by atoms with Gasteiger partial charge in [-0.15, -0.1) is 0 Å². The Hall–Kier alpha value is -1.52. The van der Waals surface area contributed by atoms with Crippen LogP contribution in [0.2, 0.25) is 5.02 Å². The number of hydrogen-bond donors (Lipinski definition) is 1. The van der Waals surface area contributed by atoms with Crippen LogP contribution in [0.4, 0.5) is 0 Å². The van der Waals surface area contributed by atoms with E-state index in [4.69, 9.17) is 16.3 Å². The third-order valence-corrected chi connectivity index (χ3v) is 3.52. The van der Waals surface area contributed by atoms with Crippen LogP contribution in [0.15, 0.2) is 30.3 Å². The molecule has 0 radical (unpaired) electrons. The summed E-state index contributed by atoms with van der Waals surface area (Å²) in [4.78, 5) is 0. The van der Waals surface area contributed by atoms with Crippen LogP contribution in [0.25, 0.3) is 0 Å². The molecule has 1 aromatic heterocycles. The molecule has 0 bridgehead atoms. The number of nitrogens with one attached hydrogen (secondary N) is 1. The van der Waals surface area contributed by atoms with E-state index in [1.54, 1.807) is 0 Å². The summed E-state index contributed by atoms with van der Waals surface area (Å²) in [5.74, 6) is 0.890. The lowest BCUT2D eigenvalue weighted by atomic mass is 10.3. The summed E-state index contributed by atoms with van der Waals surface area (Å²) >= 11 is 6.28. The Kier molecular flexibility index (Phi) is 5.44. The second-order valence-corrected chi connectivity index (χ2v) is 4.90. The van der Waals surface area contributed by atoms with E-state index in [9.17, 15) is 0 Å². The second kappa shape index (κ2) is 7.31. The Labute approximate surface area is 124 Å². The Bertz CT molecular complexity index is 540. The molecule has 1 aromatic carbocycles. The summed E-state index contributed by atoms with van der Waals surface area (Å²) in [7, 11) is 1.92. The highest BCUT2D eigenvalue weighted by Crippen LogP contribution is 2.20. The second-order valence-electron chi connectivity index (χ2n) is 4.52. The fourth-order valence-corrected chi connectivity index (χ4v) is 2.34. The topological polar surface area (TPSA) is 39.1 Å². The van der Waals surface area contributed by atoms with Crippen LogP contribution in [0.5, 0.6) is 5.75 Å². The van der Waals surface area contributed by atoms with Gasteiger partial charge in [0.15, 0.2) is 0 Å². The highest BCUT2D eigenvalue weighted by molar-refractivity contribution is 6.31. The zero-order chi connectivity index (χ0) is 14.4. The molecule has 1 heterocycles. The molecule has 0 amide bonds. The van der Waals surface area contributed by atoms with Crippen molar-refractivity contribution in [1.29, 1.82) is 0 Å². The van der Waals surface area contributed by atoms with Crippen molar-refractivity contribution < 1.29 is 4.74 Å². The van der Waals surface area contributed by atoms with Gasteiger partial charge in [0.2, 0.25) is 0 Å². The largest absolute Gasteiger partial charge is 0.492 e. The smallest absolute Gasteiger partial charge is 0.119 e. The highest BCUT2D eigenvalue weighted by Gasteiger charge is 2.11. The first kappa shape index (κ1) is 14.9. The van der Waals surface area contributed by atoms with Crippen molar-refractivity contribution in [3.05, 3.63) is 46.7 Å². The molecule has 20 heavy (non-hydrogen) atoms. The Morgan fingerprint density at radius 1 is 1.30 bits per heavy atom. The van der Waals surface area contributed by atoms with Crippen molar-refractivity contribution in [3.63, 3.8) is 0 Å². The van der Waals surface area contributed by atoms with E-state index in [0.717, 1.165) is 35.1 Å². The Balaban J connectivity index is 1.75. The minimum Gasteiger partial charge on any atom is -0.492 e. The van der Waals surface area contributed by atoms with E-state index in [0.29, 0.717) is 13.2 Å². The molecule has 0 spiro atoms. The van der Waals surface area contributed by atoms with Crippen LogP contribution in [0.3, 0.4) is 0 Å². The number of aromatic nitrogens is 2. The lowest BCUT2D eigenvalue weighted by molar-refractivity contribution is 0.313. The van der Waals surface area contributed by atoms with Gasteiger partial charge >= 0.3 is 0 Å². The minimum absolute atomic E-state index is 0.625. The van der Waals surface area contributed by atoms with Crippen molar-refractivity contribution in [1.82, 2.24) is 15.1 Å². The van der Waals surface area contributed by atoms with Gasteiger partial charge in [0, 0.05) is 20.1 Å². The van der Waals surface area contributed by atoms with Crippen LogP contribution in [0.1, 0.15) is 18.3 Å². The number of nitrogens with zero attached hydrogens (tertiary/aromatic N) is 2. The first-order valence-corrected chi connectivity index (χ1v) is 7.19. The van der Waals surface area contributed by atoms with Crippen molar-refractivity contribution in [2.75, 3.05) is 13.2 Å². The van der Waals surface area contributed by atoms with Gasteiger partial charge in [-0.25, -0.2) is 0 Å². The van der Waals surface area contributed by atoms with E-state index in [1.165, 1.54) is 0 Å². The summed E-state index contributed by atoms with van der Waals surface area (Å²) in [6.45, 7) is 4.14. The zero-order valence-electron chi connectivity index (χ0n) is 11.9. The van der Waals surface area contributed by atoms with Gasteiger partial charge in [0.1, 0.15) is 12.4 Å². The van der Waals surface area contributed by atoms with Crippen molar-refractivity contribution in [3.8, 4) is 5.75 Å². The molecule has 5 heteroatoms. The van der Waals surface area contributed by atoms with Gasteiger partial charge in [0.25, 0.3) is 0 Å². The lowest BCUT2D eigenvalue weighted by Gasteiger charge is -2.08. The van der Waals surface area contributed by atoms with Crippen molar-refractivity contribution in [2.24, 2.45) is 7.05 Å². The van der Waals surface area contributed by atoms with Gasteiger partial charge in [-0.3, -0.25) is 4.68 Å². The Morgan fingerprint density at radius 2 is 2.05 bits per heavy atom. The van der Waals surface area contributed by atoms with Gasteiger partial charge < -0.3 is 10.1 Å². The third kappa shape index (κ3) is 3.74. The van der Waals surface area contributed by atoms with Gasteiger partial charge in [-0.2, -0.15) is 5.10 Å². The fourth-order valence-electron chi connectivity index (χ4n) is 1.98. The van der Waals surface area contributed by atoms with Gasteiger partial charge in [-0.05, 0) is 18.6 Å². The standard InChI is InChI=1S/C15H20ClN3O/c1-3-13-15(16)14(19(2)18-13)11-17-9-10-20-12-7-5-4-6-8-12/h4-8,17H,3,9-11H2,1-2H3. The normalized spacial score (nSPS) is 10.8. The van der Waals surface area contributed by atoms with Gasteiger partial charge in [0.05, 0.1) is 16.4 Å². The van der Waals surface area contributed by atoms with Crippen molar-refractivity contribution in [2.45, 2.75) is 19.9 Å². The van der Waals surface area contributed by atoms with Crippen LogP contribution < -0.4 is 10.1 Å². The molecule has 0 unspecified atom stereocenters. The molecular weight excluding hydrogens is 274 g/mol. The van der Waals surface area contributed by atoms with Crippen LogP contribution in [0, 0.1) is 0 Å². The number of benzene rings is 1. The monoisotopic (exact) mass is 293 g/mol. The molecule has 2 aromatic rings. The quantitative estimate of drug-likeness (QED) is 0.798. The highest BCUT2D eigenvalue weighted by atomic mass is 35.5. The third-order valence-electron chi connectivity index (χ3n) is 3.09. The van der Waals surface area contributed by atoms with E-state index >= 15 is 0 Å². The molecule has 2 rings (SSSR count). The minimum atomic E-state index is 0.625. The molecule has 108 valence electrons. The predicted molar refractivity (Wildman–Crippen MR) is 81.2 cm³/mol. The van der Waals surface area contributed by atoms with Crippen LogP contribution in [-0.2, 0) is 20.0 Å². The summed E-state index contributed by atoms with van der Waals surface area (Å²) < 4.78 is 7.45. The number of para-hydroxylation sites is 1. The molecule has 0 atom stereocenters. The molecular formula is C15H20ClN3O. The lowest BCUT2D eigenvalue weighted by Crippen LogP contribution is -2.22. The summed E-state index contributed by atoms with van der Waals surface area (Å²) in [6.07, 6.45) is 0.851. The van der Waals surface area contributed by atoms with E-state index < -0.39 is 0 Å². The molecule has 0 saturated heterocycles. The first-order valence-electron chi connectivity index (χ1n) is 6.81. The molecule has 0 aliphatic carbocycles. The average Bonchev–Trinajstić information content (AvgIpc) is 2.75. The number of aryl methyl sites for hydroxylation is 2. The number of hydrogen-bond acceptors (Lipinski definition) is 3. The van der Waals surface area contributed by atoms with E-state index in [1.807, 2.05) is 42.1 Å². The van der Waals surface area contributed by atoms with E-state index in [2.05, 4.69) is 17.3 Å². The molecule has 4 nitrogen and oxygen atoms in total. The zero-order valence-corrected chi connectivity index (χ0v) is 12.7. The predicted octanol–water partition coefficient (Wildman–Crippen LogP) is 2.80. The first-order chi connectivity index (χ1) is 9.72. The maximum absolute atomic E-state index is 6.28. The van der Waals surface area contributed by atoms with Gasteiger partial charge in [-0.1, -0.05) is 36.7 Å². The van der Waals surface area contributed by atoms with E-state index in [-0.39, 0.29) is 0 Å². The van der Waals surface area contributed by atoms with Crippen molar-refractivity contribution >= 4 is 11.6 Å². The summed E-state index contributed by atoms with van der Waals surface area (Å²) in [6, 6.07) is 9.80. The molecule has 0 aliphatic heterocycles. The summed E-state index contributed by atoms with van der Waals surface area (Å²) in [5, 5.41) is 8.48. The SMILES string of the molecule is CCc1nn(C)c(CNCCOc2ccccc2)c1Cl. The molecule has 0 saturated carbocycles. The molecule has 0 aliphatic rings. The number of halogens is 1. The average molecular weight is 294 g/mol. The van der Waals surface area contributed by atoms with Crippen LogP contribution in [-0.4, -0.2) is 22.9 Å². The van der Waals surface area contributed by atoms with Crippen LogP contribution >= 0.6 is 11.6 Å². The maximum Gasteiger partial charge on any atom is 0.119 e.